The van der Waals surface area contributed by atoms with E-state index in [0.29, 0.717) is 16.9 Å². The molecule has 1 saturated heterocycles. The van der Waals surface area contributed by atoms with Gasteiger partial charge in [-0.25, -0.2) is 0 Å². The number of rotatable bonds is 0. The van der Waals surface area contributed by atoms with Gasteiger partial charge in [0.05, 0.1) is 0 Å². The molecule has 2 heteroatoms. The first-order valence-electron chi connectivity index (χ1n) is 5.10. The first-order valence-corrected chi connectivity index (χ1v) is 6.09. The third-order valence-corrected chi connectivity index (χ3v) is 3.87. The van der Waals surface area contributed by atoms with E-state index < -0.39 is 0 Å². The number of hydrogen-bond acceptors (Lipinski definition) is 2. The van der Waals surface area contributed by atoms with Crippen LogP contribution in [0.15, 0.2) is 0 Å². The fourth-order valence-corrected chi connectivity index (χ4v) is 3.60. The van der Waals surface area contributed by atoms with E-state index in [4.69, 9.17) is 0 Å². The van der Waals surface area contributed by atoms with Crippen molar-refractivity contribution in [3.8, 4) is 0 Å². The van der Waals surface area contributed by atoms with Crippen LogP contribution >= 0.6 is 11.9 Å². The molecular formula is C11H23NS. The lowest BCUT2D eigenvalue weighted by molar-refractivity contribution is 0.150. The minimum atomic E-state index is 0.376. The van der Waals surface area contributed by atoms with Crippen LogP contribution in [0.25, 0.3) is 0 Å². The maximum Gasteiger partial charge on any atom is 0.0261 e. The third-order valence-electron chi connectivity index (χ3n) is 2.92. The predicted molar refractivity (Wildman–Crippen MR) is 61.8 cm³/mol. The molecule has 1 rings (SSSR count). The summed E-state index contributed by atoms with van der Waals surface area (Å²) in [5, 5.41) is 0. The summed E-state index contributed by atoms with van der Waals surface area (Å²) in [5.41, 5.74) is 0.801. The molecule has 78 valence electrons. The predicted octanol–water partition coefficient (Wildman–Crippen LogP) is 3.31. The molecule has 0 aromatic heterocycles. The highest BCUT2D eigenvalue weighted by atomic mass is 32.2. The quantitative estimate of drug-likeness (QED) is 0.603. The third kappa shape index (κ3) is 2.63. The Labute approximate surface area is 87.2 Å². The van der Waals surface area contributed by atoms with Gasteiger partial charge in [-0.3, -0.25) is 4.72 Å². The van der Waals surface area contributed by atoms with Gasteiger partial charge in [-0.05, 0) is 16.7 Å². The minimum absolute atomic E-state index is 0.376. The van der Waals surface area contributed by atoms with Gasteiger partial charge in [-0.1, -0.05) is 53.5 Å². The van der Waals surface area contributed by atoms with Crippen LogP contribution in [0.5, 0.6) is 0 Å². The maximum atomic E-state index is 3.57. The van der Waals surface area contributed by atoms with Gasteiger partial charge in [0.25, 0.3) is 0 Å². The van der Waals surface area contributed by atoms with Crippen molar-refractivity contribution in [2.24, 2.45) is 16.7 Å². The van der Waals surface area contributed by atoms with Crippen LogP contribution in [0, 0.1) is 16.7 Å². The second kappa shape index (κ2) is 3.47. The summed E-state index contributed by atoms with van der Waals surface area (Å²) in [6.45, 7) is 14.0. The van der Waals surface area contributed by atoms with Crippen LogP contribution in [0.1, 0.15) is 41.5 Å². The molecule has 0 aliphatic carbocycles. The SMILES string of the molecule is CC(C)(C)C1CSNC1C(C)(C)C. The van der Waals surface area contributed by atoms with Gasteiger partial charge in [0.15, 0.2) is 0 Å². The lowest BCUT2D eigenvalue weighted by Gasteiger charge is -2.38. The molecule has 0 radical (unpaired) electrons. The Kier molecular flexibility index (Phi) is 3.04. The summed E-state index contributed by atoms with van der Waals surface area (Å²) in [6, 6.07) is 0.650. The Morgan fingerprint density at radius 1 is 1.00 bits per heavy atom. The summed E-state index contributed by atoms with van der Waals surface area (Å²) >= 11 is 1.89. The Bertz CT molecular complexity index is 156. The second-order valence-corrected chi connectivity index (χ2v) is 7.10. The molecule has 2 unspecified atom stereocenters. The number of hydrogen-bond donors (Lipinski definition) is 1. The van der Waals surface area contributed by atoms with Crippen LogP contribution in [0.4, 0.5) is 0 Å². The average Bonchev–Trinajstić information content (AvgIpc) is 2.27. The van der Waals surface area contributed by atoms with Crippen molar-refractivity contribution in [1.82, 2.24) is 4.72 Å². The molecule has 0 saturated carbocycles. The topological polar surface area (TPSA) is 12.0 Å². The van der Waals surface area contributed by atoms with Crippen molar-refractivity contribution in [2.75, 3.05) is 5.75 Å². The highest BCUT2D eigenvalue weighted by Crippen LogP contribution is 2.42. The highest BCUT2D eigenvalue weighted by Gasteiger charge is 2.42. The normalized spacial score (nSPS) is 30.9. The van der Waals surface area contributed by atoms with E-state index in [1.165, 1.54) is 5.75 Å². The molecule has 1 fully saturated rings. The van der Waals surface area contributed by atoms with Crippen molar-refractivity contribution in [3.63, 3.8) is 0 Å². The zero-order valence-corrected chi connectivity index (χ0v) is 10.6. The van der Waals surface area contributed by atoms with Crippen molar-refractivity contribution in [3.05, 3.63) is 0 Å². The fourth-order valence-electron chi connectivity index (χ4n) is 1.94. The fraction of sp³-hybridized carbons (Fsp3) is 1.00. The number of nitrogens with one attached hydrogen (secondary N) is 1. The molecule has 1 nitrogen and oxygen atoms in total. The Morgan fingerprint density at radius 3 is 1.85 bits per heavy atom. The molecule has 13 heavy (non-hydrogen) atoms. The van der Waals surface area contributed by atoms with E-state index >= 15 is 0 Å². The molecule has 0 spiro atoms. The molecule has 1 aliphatic heterocycles. The maximum absolute atomic E-state index is 3.57. The molecule has 0 bridgehead atoms. The van der Waals surface area contributed by atoms with E-state index in [-0.39, 0.29) is 0 Å². The van der Waals surface area contributed by atoms with Crippen molar-refractivity contribution in [1.29, 1.82) is 0 Å². The van der Waals surface area contributed by atoms with Gasteiger partial charge in [0.2, 0.25) is 0 Å². The van der Waals surface area contributed by atoms with Crippen molar-refractivity contribution >= 4 is 11.9 Å². The van der Waals surface area contributed by atoms with Crippen LogP contribution in [0.3, 0.4) is 0 Å². The van der Waals surface area contributed by atoms with E-state index in [9.17, 15) is 0 Å². The molecule has 1 aliphatic rings. The molecular weight excluding hydrogens is 178 g/mol. The van der Waals surface area contributed by atoms with Gasteiger partial charge in [-0.2, -0.15) is 0 Å². The van der Waals surface area contributed by atoms with Gasteiger partial charge in [-0.15, -0.1) is 0 Å². The van der Waals surface area contributed by atoms with Crippen molar-refractivity contribution in [2.45, 2.75) is 47.6 Å². The van der Waals surface area contributed by atoms with Crippen LogP contribution in [-0.4, -0.2) is 11.8 Å². The molecule has 1 heterocycles. The Morgan fingerprint density at radius 2 is 1.54 bits per heavy atom. The Hall–Kier alpha value is 0.310. The molecule has 0 aromatic carbocycles. The van der Waals surface area contributed by atoms with E-state index in [1.807, 2.05) is 11.9 Å². The lowest BCUT2D eigenvalue weighted by atomic mass is 9.70. The minimum Gasteiger partial charge on any atom is -0.260 e. The monoisotopic (exact) mass is 201 g/mol. The highest BCUT2D eigenvalue weighted by molar-refractivity contribution is 7.97. The summed E-state index contributed by atoms with van der Waals surface area (Å²) in [4.78, 5) is 0. The van der Waals surface area contributed by atoms with Crippen LogP contribution in [0.2, 0.25) is 0 Å². The van der Waals surface area contributed by atoms with Gasteiger partial charge in [0, 0.05) is 11.8 Å². The standard InChI is InChI=1S/C11H23NS/c1-10(2,3)8-7-13-12-9(8)11(4,5)6/h8-9,12H,7H2,1-6H3. The van der Waals surface area contributed by atoms with Crippen LogP contribution in [-0.2, 0) is 0 Å². The smallest absolute Gasteiger partial charge is 0.0261 e. The molecule has 1 N–H and O–H groups in total. The van der Waals surface area contributed by atoms with Gasteiger partial charge < -0.3 is 0 Å². The van der Waals surface area contributed by atoms with E-state index in [2.05, 4.69) is 46.3 Å². The summed E-state index contributed by atoms with van der Waals surface area (Å²) < 4.78 is 3.57. The Balaban J connectivity index is 2.76. The summed E-state index contributed by atoms with van der Waals surface area (Å²) in [7, 11) is 0. The average molecular weight is 201 g/mol. The van der Waals surface area contributed by atoms with E-state index in [1.54, 1.807) is 0 Å². The zero-order chi connectivity index (χ0) is 10.3. The van der Waals surface area contributed by atoms with Gasteiger partial charge >= 0.3 is 0 Å². The molecule has 0 amide bonds. The summed E-state index contributed by atoms with van der Waals surface area (Å²) in [5.74, 6) is 2.04. The summed E-state index contributed by atoms with van der Waals surface area (Å²) in [6.07, 6.45) is 0. The molecule has 0 aromatic rings. The van der Waals surface area contributed by atoms with Crippen molar-refractivity contribution < 1.29 is 0 Å². The first-order chi connectivity index (χ1) is 5.73. The van der Waals surface area contributed by atoms with Gasteiger partial charge in [0.1, 0.15) is 0 Å². The first kappa shape index (κ1) is 11.4. The zero-order valence-electron chi connectivity index (χ0n) is 9.77. The molecule has 2 atom stereocenters. The van der Waals surface area contributed by atoms with E-state index in [0.717, 1.165) is 5.92 Å². The lowest BCUT2D eigenvalue weighted by Crippen LogP contribution is -2.43. The second-order valence-electron chi connectivity index (χ2n) is 6.25. The van der Waals surface area contributed by atoms with Crippen LogP contribution < -0.4 is 4.72 Å². The largest absolute Gasteiger partial charge is 0.260 e.